The molecular weight excluding hydrogens is 139 g/mol. The highest BCUT2D eigenvalue weighted by Gasteiger charge is 2.18. The minimum atomic E-state index is -0.994. The van der Waals surface area contributed by atoms with E-state index < -0.39 is 11.6 Å². The number of nitrogens with two attached hydrogens (primary N) is 2. The van der Waals surface area contributed by atoms with Crippen LogP contribution >= 0.6 is 9.24 Å². The van der Waals surface area contributed by atoms with E-state index in [9.17, 15) is 4.79 Å². The first-order valence-corrected chi connectivity index (χ1v) is 3.12. The van der Waals surface area contributed by atoms with E-state index in [1.54, 1.807) is 6.92 Å². The predicted octanol–water partition coefficient (Wildman–Crippen LogP) is -0.0207. The van der Waals surface area contributed by atoms with Crippen LogP contribution in [0, 0.1) is 0 Å². The molecule has 0 aromatic carbocycles. The zero-order chi connectivity index (χ0) is 7.49. The van der Waals surface area contributed by atoms with E-state index in [4.69, 9.17) is 11.5 Å². The first-order valence-electron chi connectivity index (χ1n) is 2.54. The van der Waals surface area contributed by atoms with Crippen LogP contribution in [0.3, 0.4) is 0 Å². The highest BCUT2D eigenvalue weighted by atomic mass is 31.0. The highest BCUT2D eigenvalue weighted by Crippen LogP contribution is 2.15. The largest absolute Gasteiger partial charge is 0.425 e. The van der Waals surface area contributed by atoms with Crippen LogP contribution in [0.2, 0.25) is 0 Å². The van der Waals surface area contributed by atoms with Gasteiger partial charge < -0.3 is 10.5 Å². The average Bonchev–Trinajstić information content (AvgIpc) is 1.63. The minimum absolute atomic E-state index is 0.514. The molecule has 0 aromatic rings. The van der Waals surface area contributed by atoms with Crippen LogP contribution in [0.4, 0.5) is 4.79 Å². The van der Waals surface area contributed by atoms with Gasteiger partial charge in [-0.15, -0.1) is 0 Å². The molecule has 5 heteroatoms. The summed E-state index contributed by atoms with van der Waals surface area (Å²) in [6.45, 7) is 1.79. The second kappa shape index (κ2) is 2.99. The van der Waals surface area contributed by atoms with Crippen molar-refractivity contribution in [1.29, 1.82) is 0 Å². The lowest BCUT2D eigenvalue weighted by Crippen LogP contribution is -2.38. The molecule has 0 aromatic heterocycles. The Kier molecular flexibility index (Phi) is 2.88. The topological polar surface area (TPSA) is 78.3 Å². The van der Waals surface area contributed by atoms with Gasteiger partial charge in [0.25, 0.3) is 0 Å². The quantitative estimate of drug-likeness (QED) is 0.429. The van der Waals surface area contributed by atoms with Gasteiger partial charge in [-0.25, -0.2) is 4.79 Å². The van der Waals surface area contributed by atoms with Crippen molar-refractivity contribution < 1.29 is 9.53 Å². The fraction of sp³-hybridized carbons (Fsp3) is 0.750. The van der Waals surface area contributed by atoms with E-state index in [0.29, 0.717) is 6.42 Å². The van der Waals surface area contributed by atoms with Crippen LogP contribution in [0.5, 0.6) is 0 Å². The fourth-order valence-electron chi connectivity index (χ4n) is 0.259. The zero-order valence-corrected chi connectivity index (χ0v) is 6.41. The van der Waals surface area contributed by atoms with Crippen molar-refractivity contribution in [3.05, 3.63) is 0 Å². The lowest BCUT2D eigenvalue weighted by atomic mass is 10.4. The van der Waals surface area contributed by atoms with Crippen molar-refractivity contribution in [1.82, 2.24) is 0 Å². The number of carbonyl (C=O) groups is 1. The number of hydrogen-bond acceptors (Lipinski definition) is 3. The maximum atomic E-state index is 10.1. The van der Waals surface area contributed by atoms with Gasteiger partial charge in [0.15, 0.2) is 5.47 Å². The molecule has 9 heavy (non-hydrogen) atoms. The average molecular weight is 150 g/mol. The van der Waals surface area contributed by atoms with Gasteiger partial charge in [-0.2, -0.15) is 0 Å². The molecule has 4 N–H and O–H groups in total. The van der Waals surface area contributed by atoms with Crippen molar-refractivity contribution in [2.24, 2.45) is 11.5 Å². The summed E-state index contributed by atoms with van der Waals surface area (Å²) in [5.41, 5.74) is 9.06. The van der Waals surface area contributed by atoms with Gasteiger partial charge in [-0.3, -0.25) is 5.73 Å². The Hall–Kier alpha value is -0.340. The van der Waals surface area contributed by atoms with Crippen molar-refractivity contribution in [2.75, 3.05) is 0 Å². The Morgan fingerprint density at radius 1 is 1.89 bits per heavy atom. The molecule has 0 radical (unpaired) electrons. The molecule has 0 aliphatic carbocycles. The van der Waals surface area contributed by atoms with Gasteiger partial charge in [0.05, 0.1) is 0 Å². The molecule has 4 nitrogen and oxygen atoms in total. The number of hydrogen-bond donors (Lipinski definition) is 2. The normalized spacial score (nSPS) is 16.3. The molecule has 0 rings (SSSR count). The standard InChI is InChI=1S/C4H11N2O2P/c1-2-4(6,9)8-3(5)7/h2,6,9H2,1H3,(H2,5,7). The predicted molar refractivity (Wildman–Crippen MR) is 37.6 cm³/mol. The zero-order valence-electron chi connectivity index (χ0n) is 5.26. The maximum Gasteiger partial charge on any atom is 0.406 e. The van der Waals surface area contributed by atoms with Crippen LogP contribution in [-0.2, 0) is 4.74 Å². The lowest BCUT2D eigenvalue weighted by Gasteiger charge is -2.20. The lowest BCUT2D eigenvalue weighted by molar-refractivity contribution is 0.0850. The summed E-state index contributed by atoms with van der Waals surface area (Å²) in [5.74, 6) is 0. The number of rotatable bonds is 2. The van der Waals surface area contributed by atoms with Crippen molar-refractivity contribution in [2.45, 2.75) is 18.8 Å². The molecule has 0 saturated carbocycles. The van der Waals surface area contributed by atoms with Gasteiger partial charge in [0.2, 0.25) is 0 Å². The fourth-order valence-corrected chi connectivity index (χ4v) is 0.376. The van der Waals surface area contributed by atoms with Gasteiger partial charge in [-0.05, 0) is 0 Å². The van der Waals surface area contributed by atoms with E-state index >= 15 is 0 Å². The summed E-state index contributed by atoms with van der Waals surface area (Å²) in [5, 5.41) is 0. The molecule has 2 unspecified atom stereocenters. The summed E-state index contributed by atoms with van der Waals surface area (Å²) in [6.07, 6.45) is -0.338. The molecule has 0 saturated heterocycles. The number of amides is 1. The van der Waals surface area contributed by atoms with Crippen molar-refractivity contribution >= 4 is 15.3 Å². The van der Waals surface area contributed by atoms with E-state index in [-0.39, 0.29) is 0 Å². The van der Waals surface area contributed by atoms with Gasteiger partial charge in [0.1, 0.15) is 0 Å². The Balaban J connectivity index is 3.71. The first-order chi connectivity index (χ1) is 3.98. The molecule has 0 aliphatic rings. The maximum absolute atomic E-state index is 10.1. The van der Waals surface area contributed by atoms with E-state index in [2.05, 4.69) is 14.0 Å². The molecule has 0 heterocycles. The summed E-state index contributed by atoms with van der Waals surface area (Å²) >= 11 is 0. The summed E-state index contributed by atoms with van der Waals surface area (Å²) in [6, 6.07) is 0. The van der Waals surface area contributed by atoms with Crippen LogP contribution in [0.1, 0.15) is 13.3 Å². The molecule has 2 atom stereocenters. The van der Waals surface area contributed by atoms with E-state index in [0.717, 1.165) is 0 Å². The number of primary amides is 1. The summed E-state index contributed by atoms with van der Waals surface area (Å²) in [7, 11) is 2.19. The van der Waals surface area contributed by atoms with E-state index in [1.165, 1.54) is 0 Å². The number of ether oxygens (including phenoxy) is 1. The van der Waals surface area contributed by atoms with Crippen molar-refractivity contribution in [3.8, 4) is 0 Å². The molecule has 0 aliphatic heterocycles. The van der Waals surface area contributed by atoms with Gasteiger partial charge in [-0.1, -0.05) is 16.2 Å². The van der Waals surface area contributed by atoms with Gasteiger partial charge >= 0.3 is 6.09 Å². The Morgan fingerprint density at radius 3 is 2.44 bits per heavy atom. The Labute approximate surface area is 56.1 Å². The van der Waals surface area contributed by atoms with E-state index in [1.807, 2.05) is 0 Å². The van der Waals surface area contributed by atoms with Crippen LogP contribution in [0.15, 0.2) is 0 Å². The first kappa shape index (κ1) is 8.66. The summed E-state index contributed by atoms with van der Waals surface area (Å²) in [4.78, 5) is 10.1. The molecule has 0 fully saturated rings. The third-order valence-corrected chi connectivity index (χ3v) is 1.37. The highest BCUT2D eigenvalue weighted by molar-refractivity contribution is 7.18. The van der Waals surface area contributed by atoms with Crippen molar-refractivity contribution in [3.63, 3.8) is 0 Å². The summed E-state index contributed by atoms with van der Waals surface area (Å²) < 4.78 is 4.47. The van der Waals surface area contributed by atoms with Gasteiger partial charge in [0, 0.05) is 6.42 Å². The Bertz CT molecular complexity index is 115. The third kappa shape index (κ3) is 4.18. The smallest absolute Gasteiger partial charge is 0.406 e. The second-order valence-electron chi connectivity index (χ2n) is 1.73. The third-order valence-electron chi connectivity index (χ3n) is 0.843. The Morgan fingerprint density at radius 2 is 2.33 bits per heavy atom. The van der Waals surface area contributed by atoms with Crippen LogP contribution in [0.25, 0.3) is 0 Å². The molecule has 54 valence electrons. The minimum Gasteiger partial charge on any atom is -0.425 e. The van der Waals surface area contributed by atoms with Crippen LogP contribution < -0.4 is 11.5 Å². The van der Waals surface area contributed by atoms with Crippen LogP contribution in [-0.4, -0.2) is 11.6 Å². The number of carbonyl (C=O) groups excluding carboxylic acids is 1. The SMILES string of the molecule is CCC(N)(P)OC(N)=O. The molecule has 0 bridgehead atoms. The molecular formula is C4H11N2O2P. The molecule has 1 amide bonds. The monoisotopic (exact) mass is 150 g/mol. The second-order valence-corrected chi connectivity index (χ2v) is 2.71. The molecule has 0 spiro atoms.